The number of anilines is 1. The van der Waals surface area contributed by atoms with E-state index in [2.05, 4.69) is 5.32 Å². The minimum absolute atomic E-state index is 0.0116. The van der Waals surface area contributed by atoms with Crippen molar-refractivity contribution in [1.82, 2.24) is 10.2 Å². The lowest BCUT2D eigenvalue weighted by Gasteiger charge is -2.31. The number of urea groups is 1. The fraction of sp³-hybridized carbons (Fsp3) is 0.500. The van der Waals surface area contributed by atoms with Crippen LogP contribution in [-0.4, -0.2) is 43.2 Å². The van der Waals surface area contributed by atoms with Crippen molar-refractivity contribution < 1.29 is 9.18 Å². The SMILES string of the molecule is O=C1N(c2cccc(F)c2)CCN1C1CCNCC1. The number of hydrogen-bond donors (Lipinski definition) is 1. The molecule has 2 fully saturated rings. The monoisotopic (exact) mass is 263 g/mol. The summed E-state index contributed by atoms with van der Waals surface area (Å²) in [6, 6.07) is 6.58. The Morgan fingerprint density at radius 2 is 2.00 bits per heavy atom. The van der Waals surface area contributed by atoms with Crippen LogP contribution in [0, 0.1) is 5.82 Å². The van der Waals surface area contributed by atoms with E-state index in [0.29, 0.717) is 18.3 Å². The van der Waals surface area contributed by atoms with Crippen molar-refractivity contribution in [3.63, 3.8) is 0 Å². The van der Waals surface area contributed by atoms with E-state index < -0.39 is 0 Å². The summed E-state index contributed by atoms with van der Waals surface area (Å²) in [5, 5.41) is 3.30. The second kappa shape index (κ2) is 5.17. The number of hydrogen-bond acceptors (Lipinski definition) is 2. The van der Waals surface area contributed by atoms with Gasteiger partial charge in [0.15, 0.2) is 0 Å². The molecule has 4 nitrogen and oxygen atoms in total. The van der Waals surface area contributed by atoms with E-state index in [1.165, 1.54) is 12.1 Å². The number of carbonyl (C=O) groups is 1. The molecule has 1 N–H and O–H groups in total. The summed E-state index contributed by atoms with van der Waals surface area (Å²) in [6.07, 6.45) is 2.01. The number of nitrogens with zero attached hydrogens (tertiary/aromatic N) is 2. The van der Waals surface area contributed by atoms with Crippen molar-refractivity contribution in [2.45, 2.75) is 18.9 Å². The lowest BCUT2D eigenvalue weighted by atomic mass is 10.1. The second-order valence-electron chi connectivity index (χ2n) is 5.09. The van der Waals surface area contributed by atoms with E-state index in [4.69, 9.17) is 0 Å². The van der Waals surface area contributed by atoms with Gasteiger partial charge in [-0.25, -0.2) is 9.18 Å². The summed E-state index contributed by atoms with van der Waals surface area (Å²) in [6.45, 7) is 3.31. The third kappa shape index (κ3) is 2.42. The molecule has 2 saturated heterocycles. The van der Waals surface area contributed by atoms with Gasteiger partial charge >= 0.3 is 6.03 Å². The van der Waals surface area contributed by atoms with Gasteiger partial charge in [-0.2, -0.15) is 0 Å². The fourth-order valence-corrected chi connectivity index (χ4v) is 2.89. The first-order chi connectivity index (χ1) is 9.25. The molecule has 2 amide bonds. The molecule has 5 heteroatoms. The Balaban J connectivity index is 1.74. The highest BCUT2D eigenvalue weighted by Gasteiger charge is 2.34. The van der Waals surface area contributed by atoms with Crippen LogP contribution in [0.4, 0.5) is 14.9 Å². The van der Waals surface area contributed by atoms with Crippen LogP contribution in [-0.2, 0) is 0 Å². The number of amides is 2. The Bertz CT molecular complexity index is 474. The van der Waals surface area contributed by atoms with Gasteiger partial charge in [-0.1, -0.05) is 6.07 Å². The molecule has 2 aliphatic rings. The van der Waals surface area contributed by atoms with Gasteiger partial charge in [-0.05, 0) is 44.1 Å². The number of carbonyl (C=O) groups excluding carboxylic acids is 1. The van der Waals surface area contributed by atoms with Crippen molar-refractivity contribution in [3.8, 4) is 0 Å². The van der Waals surface area contributed by atoms with Crippen LogP contribution in [0.5, 0.6) is 0 Å². The molecule has 3 rings (SSSR count). The summed E-state index contributed by atoms with van der Waals surface area (Å²) in [5.41, 5.74) is 0.654. The average molecular weight is 263 g/mol. The lowest BCUT2D eigenvalue weighted by molar-refractivity contribution is 0.185. The molecule has 0 spiro atoms. The Labute approximate surface area is 112 Å². The van der Waals surface area contributed by atoms with Gasteiger partial charge in [0.25, 0.3) is 0 Å². The van der Waals surface area contributed by atoms with Crippen LogP contribution in [0.15, 0.2) is 24.3 Å². The zero-order valence-corrected chi connectivity index (χ0v) is 10.8. The van der Waals surface area contributed by atoms with Gasteiger partial charge in [0.1, 0.15) is 5.82 Å². The van der Waals surface area contributed by atoms with Crippen LogP contribution < -0.4 is 10.2 Å². The van der Waals surface area contributed by atoms with Crippen LogP contribution in [0.25, 0.3) is 0 Å². The third-order valence-electron chi connectivity index (χ3n) is 3.91. The van der Waals surface area contributed by atoms with Crippen LogP contribution in [0.3, 0.4) is 0 Å². The molecule has 0 aromatic heterocycles. The van der Waals surface area contributed by atoms with Crippen molar-refractivity contribution >= 4 is 11.7 Å². The summed E-state index contributed by atoms with van der Waals surface area (Å²) in [5.74, 6) is -0.300. The highest BCUT2D eigenvalue weighted by molar-refractivity contribution is 5.94. The number of rotatable bonds is 2. The molecule has 0 saturated carbocycles. The molecule has 0 atom stereocenters. The first-order valence-corrected chi connectivity index (χ1v) is 6.80. The van der Waals surface area contributed by atoms with Gasteiger partial charge in [-0.3, -0.25) is 4.90 Å². The Kier molecular flexibility index (Phi) is 3.38. The van der Waals surface area contributed by atoms with E-state index in [1.807, 2.05) is 4.90 Å². The Morgan fingerprint density at radius 1 is 1.21 bits per heavy atom. The average Bonchev–Trinajstić information content (AvgIpc) is 2.81. The molecular formula is C14H18FN3O. The molecule has 0 bridgehead atoms. The highest BCUT2D eigenvalue weighted by Crippen LogP contribution is 2.24. The number of piperidine rings is 1. The number of nitrogens with one attached hydrogen (secondary N) is 1. The molecule has 2 heterocycles. The summed E-state index contributed by atoms with van der Waals surface area (Å²) in [4.78, 5) is 16.0. The van der Waals surface area contributed by atoms with E-state index in [0.717, 1.165) is 32.5 Å². The molecule has 102 valence electrons. The van der Waals surface area contributed by atoms with Gasteiger partial charge in [0, 0.05) is 24.8 Å². The van der Waals surface area contributed by atoms with E-state index in [1.54, 1.807) is 17.0 Å². The molecule has 2 aliphatic heterocycles. The first-order valence-electron chi connectivity index (χ1n) is 6.80. The van der Waals surface area contributed by atoms with E-state index in [9.17, 15) is 9.18 Å². The maximum absolute atomic E-state index is 13.2. The summed E-state index contributed by atoms with van der Waals surface area (Å²) in [7, 11) is 0. The molecule has 1 aromatic rings. The minimum Gasteiger partial charge on any atom is -0.319 e. The van der Waals surface area contributed by atoms with Gasteiger partial charge < -0.3 is 10.2 Å². The van der Waals surface area contributed by atoms with Crippen molar-refractivity contribution in [2.24, 2.45) is 0 Å². The highest BCUT2D eigenvalue weighted by atomic mass is 19.1. The maximum atomic E-state index is 13.2. The van der Waals surface area contributed by atoms with Crippen LogP contribution in [0.2, 0.25) is 0 Å². The Hall–Kier alpha value is -1.62. The van der Waals surface area contributed by atoms with Gasteiger partial charge in [0.2, 0.25) is 0 Å². The minimum atomic E-state index is -0.300. The lowest BCUT2D eigenvalue weighted by Crippen LogP contribution is -2.45. The van der Waals surface area contributed by atoms with Crippen molar-refractivity contribution in [1.29, 1.82) is 0 Å². The quantitative estimate of drug-likeness (QED) is 0.883. The first kappa shape index (κ1) is 12.4. The van der Waals surface area contributed by atoms with E-state index in [-0.39, 0.29) is 11.8 Å². The predicted octanol–water partition coefficient (Wildman–Crippen LogP) is 1.82. The van der Waals surface area contributed by atoms with Crippen molar-refractivity contribution in [3.05, 3.63) is 30.1 Å². The van der Waals surface area contributed by atoms with Gasteiger partial charge in [-0.15, -0.1) is 0 Å². The van der Waals surface area contributed by atoms with Gasteiger partial charge in [0.05, 0.1) is 0 Å². The molecule has 0 aliphatic carbocycles. The zero-order valence-electron chi connectivity index (χ0n) is 10.8. The maximum Gasteiger partial charge on any atom is 0.324 e. The molecule has 1 aromatic carbocycles. The van der Waals surface area contributed by atoms with Crippen LogP contribution in [0.1, 0.15) is 12.8 Å². The molecule has 0 unspecified atom stereocenters. The molecular weight excluding hydrogens is 245 g/mol. The largest absolute Gasteiger partial charge is 0.324 e. The zero-order chi connectivity index (χ0) is 13.2. The smallest absolute Gasteiger partial charge is 0.319 e. The number of halogens is 1. The summed E-state index contributed by atoms with van der Waals surface area (Å²) < 4.78 is 13.2. The Morgan fingerprint density at radius 3 is 2.74 bits per heavy atom. The third-order valence-corrected chi connectivity index (χ3v) is 3.91. The fourth-order valence-electron chi connectivity index (χ4n) is 2.89. The molecule has 0 radical (unpaired) electrons. The topological polar surface area (TPSA) is 35.6 Å². The number of benzene rings is 1. The van der Waals surface area contributed by atoms with Crippen molar-refractivity contribution in [2.75, 3.05) is 31.1 Å². The van der Waals surface area contributed by atoms with E-state index >= 15 is 0 Å². The standard InChI is InChI=1S/C14H18FN3O/c15-11-2-1-3-13(10-11)18-9-8-17(14(18)19)12-4-6-16-7-5-12/h1-3,10,12,16H,4-9H2. The second-order valence-corrected chi connectivity index (χ2v) is 5.09. The summed E-state index contributed by atoms with van der Waals surface area (Å²) >= 11 is 0. The molecule has 19 heavy (non-hydrogen) atoms. The normalized spacial score (nSPS) is 21.2. The predicted molar refractivity (Wildman–Crippen MR) is 71.7 cm³/mol. The van der Waals surface area contributed by atoms with Crippen LogP contribution >= 0.6 is 0 Å².